The summed E-state index contributed by atoms with van der Waals surface area (Å²) in [7, 11) is 1.64. The summed E-state index contributed by atoms with van der Waals surface area (Å²) >= 11 is 3.14. The van der Waals surface area contributed by atoms with E-state index in [4.69, 9.17) is 4.74 Å². The number of anilines is 1. The van der Waals surface area contributed by atoms with Gasteiger partial charge in [-0.3, -0.25) is 10.1 Å². The van der Waals surface area contributed by atoms with Gasteiger partial charge in [0.15, 0.2) is 5.13 Å². The van der Waals surface area contributed by atoms with Crippen molar-refractivity contribution in [3.8, 4) is 17.0 Å². The Morgan fingerprint density at radius 3 is 2.62 bits per heavy atom. The van der Waals surface area contributed by atoms with E-state index in [1.165, 1.54) is 11.3 Å². The molecule has 0 spiro atoms. The third kappa shape index (κ3) is 4.08. The maximum Gasteiger partial charge on any atom is 0.258 e. The predicted octanol–water partition coefficient (Wildman–Crippen LogP) is 5.49. The summed E-state index contributed by atoms with van der Waals surface area (Å²) in [5.74, 6) is 1.60. The molecule has 1 heterocycles. The van der Waals surface area contributed by atoms with E-state index >= 15 is 0 Å². The number of thioether (sulfide) groups is 1. The summed E-state index contributed by atoms with van der Waals surface area (Å²) in [6.07, 6.45) is 0. The molecule has 0 aliphatic heterocycles. The number of ether oxygens (including phenoxy) is 1. The number of carbonyl (C=O) groups is 1. The van der Waals surface area contributed by atoms with E-state index < -0.39 is 0 Å². The molecule has 0 bridgehead atoms. The van der Waals surface area contributed by atoms with Gasteiger partial charge < -0.3 is 4.74 Å². The van der Waals surface area contributed by atoms with Crippen LogP contribution in [0.3, 0.4) is 0 Å². The van der Waals surface area contributed by atoms with Crippen LogP contribution in [0, 0.1) is 6.92 Å². The Labute approximate surface area is 161 Å². The van der Waals surface area contributed by atoms with E-state index in [0.29, 0.717) is 10.7 Å². The van der Waals surface area contributed by atoms with Crippen LogP contribution in [0.1, 0.15) is 22.2 Å². The van der Waals surface area contributed by atoms with Crippen molar-refractivity contribution < 1.29 is 9.53 Å². The molecule has 0 saturated heterocycles. The third-order valence-corrected chi connectivity index (χ3v) is 5.65. The molecule has 1 amide bonds. The Hall–Kier alpha value is -2.31. The molecule has 2 aromatic carbocycles. The lowest BCUT2D eigenvalue weighted by atomic mass is 10.1. The van der Waals surface area contributed by atoms with E-state index in [1.54, 1.807) is 18.9 Å². The van der Waals surface area contributed by atoms with Crippen LogP contribution in [0.5, 0.6) is 5.75 Å². The molecule has 0 unspecified atom stereocenters. The van der Waals surface area contributed by atoms with Crippen LogP contribution < -0.4 is 10.1 Å². The Kier molecular flexibility index (Phi) is 5.96. The van der Waals surface area contributed by atoms with Crippen molar-refractivity contribution in [1.82, 2.24) is 4.98 Å². The summed E-state index contributed by atoms with van der Waals surface area (Å²) in [6, 6.07) is 15.4. The van der Waals surface area contributed by atoms with Crippen molar-refractivity contribution in [3.05, 3.63) is 59.0 Å². The number of carbonyl (C=O) groups excluding carboxylic acids is 1. The van der Waals surface area contributed by atoms with Gasteiger partial charge in [-0.2, -0.15) is 0 Å². The highest BCUT2D eigenvalue weighted by molar-refractivity contribution is 7.99. The maximum absolute atomic E-state index is 12.7. The van der Waals surface area contributed by atoms with Crippen molar-refractivity contribution in [2.45, 2.75) is 18.7 Å². The first-order valence-electron chi connectivity index (χ1n) is 8.27. The lowest BCUT2D eigenvalue weighted by Crippen LogP contribution is -2.12. The van der Waals surface area contributed by atoms with Gasteiger partial charge in [-0.1, -0.05) is 19.1 Å². The number of aryl methyl sites for hydroxylation is 1. The number of rotatable bonds is 6. The minimum absolute atomic E-state index is 0.128. The molecule has 3 rings (SSSR count). The number of nitrogens with zero attached hydrogens (tertiary/aromatic N) is 1. The molecule has 0 radical (unpaired) electrons. The zero-order chi connectivity index (χ0) is 18.5. The highest BCUT2D eigenvalue weighted by Crippen LogP contribution is 2.32. The van der Waals surface area contributed by atoms with Crippen LogP contribution in [-0.2, 0) is 0 Å². The second-order valence-corrected chi connectivity index (χ2v) is 8.04. The zero-order valence-corrected chi connectivity index (χ0v) is 16.5. The number of thiazole rings is 1. The normalized spacial score (nSPS) is 10.6. The van der Waals surface area contributed by atoms with Crippen LogP contribution in [0.25, 0.3) is 11.3 Å². The van der Waals surface area contributed by atoms with Crippen molar-refractivity contribution >= 4 is 34.1 Å². The number of amides is 1. The van der Waals surface area contributed by atoms with Crippen molar-refractivity contribution in [3.63, 3.8) is 0 Å². The lowest BCUT2D eigenvalue weighted by Gasteiger charge is -2.07. The second-order valence-electron chi connectivity index (χ2n) is 5.54. The molecule has 0 atom stereocenters. The highest BCUT2D eigenvalue weighted by Gasteiger charge is 2.15. The number of hydrogen-bond acceptors (Lipinski definition) is 5. The summed E-state index contributed by atoms with van der Waals surface area (Å²) in [5, 5.41) is 3.55. The van der Waals surface area contributed by atoms with Gasteiger partial charge in [-0.15, -0.1) is 23.1 Å². The van der Waals surface area contributed by atoms with Crippen LogP contribution in [0.15, 0.2) is 53.4 Å². The van der Waals surface area contributed by atoms with Gasteiger partial charge in [-0.25, -0.2) is 4.98 Å². The van der Waals surface area contributed by atoms with Crippen LogP contribution in [-0.4, -0.2) is 23.8 Å². The number of benzene rings is 2. The summed E-state index contributed by atoms with van der Waals surface area (Å²) < 4.78 is 5.20. The van der Waals surface area contributed by atoms with Gasteiger partial charge in [0.2, 0.25) is 0 Å². The van der Waals surface area contributed by atoms with Gasteiger partial charge in [0.1, 0.15) is 5.75 Å². The van der Waals surface area contributed by atoms with Gasteiger partial charge >= 0.3 is 0 Å². The summed E-state index contributed by atoms with van der Waals surface area (Å²) in [5.41, 5.74) is 2.56. The molecular formula is C20H20N2O2S2. The molecule has 3 aromatic rings. The molecule has 6 heteroatoms. The fourth-order valence-corrected chi connectivity index (χ4v) is 4.20. The van der Waals surface area contributed by atoms with Crippen LogP contribution in [0.2, 0.25) is 0 Å². The van der Waals surface area contributed by atoms with E-state index in [2.05, 4.69) is 17.2 Å². The van der Waals surface area contributed by atoms with Crippen molar-refractivity contribution in [2.75, 3.05) is 18.2 Å². The molecule has 4 nitrogen and oxygen atoms in total. The SMILES string of the molecule is CCSc1ccccc1C(=O)Nc1nc(-c2ccc(OC)cc2)c(C)s1. The minimum Gasteiger partial charge on any atom is -0.497 e. The van der Waals surface area contributed by atoms with E-state index in [9.17, 15) is 4.79 Å². The lowest BCUT2D eigenvalue weighted by molar-refractivity contribution is 0.102. The number of methoxy groups -OCH3 is 1. The molecule has 0 saturated carbocycles. The number of nitrogens with one attached hydrogen (secondary N) is 1. The van der Waals surface area contributed by atoms with Gasteiger partial charge in [0, 0.05) is 15.3 Å². The third-order valence-electron chi connectivity index (χ3n) is 3.81. The number of hydrogen-bond donors (Lipinski definition) is 1. The van der Waals surface area contributed by atoms with Crippen LogP contribution in [0.4, 0.5) is 5.13 Å². The topological polar surface area (TPSA) is 51.2 Å². The number of aromatic nitrogens is 1. The summed E-state index contributed by atoms with van der Waals surface area (Å²) in [6.45, 7) is 4.08. The molecule has 1 N–H and O–H groups in total. The molecule has 134 valence electrons. The fraction of sp³-hybridized carbons (Fsp3) is 0.200. The fourth-order valence-electron chi connectivity index (χ4n) is 2.57. The van der Waals surface area contributed by atoms with Crippen LogP contribution >= 0.6 is 23.1 Å². The first kappa shape index (κ1) is 18.5. The Balaban J connectivity index is 1.82. The zero-order valence-electron chi connectivity index (χ0n) is 14.9. The molecule has 0 aliphatic carbocycles. The Morgan fingerprint density at radius 1 is 1.19 bits per heavy atom. The summed E-state index contributed by atoms with van der Waals surface area (Å²) in [4.78, 5) is 19.3. The highest BCUT2D eigenvalue weighted by atomic mass is 32.2. The van der Waals surface area contributed by atoms with Gasteiger partial charge in [-0.05, 0) is 49.1 Å². The molecule has 1 aromatic heterocycles. The van der Waals surface area contributed by atoms with Crippen molar-refractivity contribution in [1.29, 1.82) is 0 Å². The molecule has 26 heavy (non-hydrogen) atoms. The molecule has 0 fully saturated rings. The van der Waals surface area contributed by atoms with E-state index in [-0.39, 0.29) is 5.91 Å². The monoisotopic (exact) mass is 384 g/mol. The quantitative estimate of drug-likeness (QED) is 0.571. The van der Waals surface area contributed by atoms with E-state index in [0.717, 1.165) is 32.5 Å². The van der Waals surface area contributed by atoms with E-state index in [1.807, 2.05) is 55.5 Å². The standard InChI is InChI=1S/C20H20N2O2S2/c1-4-25-17-8-6-5-7-16(17)19(23)22-20-21-18(13(2)26-20)14-9-11-15(24-3)12-10-14/h5-12H,4H2,1-3H3,(H,21,22,23). The first-order chi connectivity index (χ1) is 12.6. The minimum atomic E-state index is -0.128. The molecule has 0 aliphatic rings. The molecular weight excluding hydrogens is 364 g/mol. The smallest absolute Gasteiger partial charge is 0.258 e. The average molecular weight is 385 g/mol. The van der Waals surface area contributed by atoms with Gasteiger partial charge in [0.05, 0.1) is 18.4 Å². The van der Waals surface area contributed by atoms with Crippen molar-refractivity contribution in [2.24, 2.45) is 0 Å². The Morgan fingerprint density at radius 2 is 1.92 bits per heavy atom. The first-order valence-corrected chi connectivity index (χ1v) is 10.1. The maximum atomic E-state index is 12.7. The predicted molar refractivity (Wildman–Crippen MR) is 110 cm³/mol. The second kappa shape index (κ2) is 8.38. The van der Waals surface area contributed by atoms with Gasteiger partial charge in [0.25, 0.3) is 5.91 Å². The Bertz CT molecular complexity index is 904. The largest absolute Gasteiger partial charge is 0.497 e. The average Bonchev–Trinajstić information content (AvgIpc) is 3.02.